The number of carbonyl (C=O) groups excluding carboxylic acids is 2. The molecule has 8 heteroatoms. The minimum absolute atomic E-state index is 0.0301. The van der Waals surface area contributed by atoms with Crippen LogP contribution < -0.4 is 5.32 Å². The molecular formula is C25H30N2O5S. The van der Waals surface area contributed by atoms with Gasteiger partial charge in [-0.3, -0.25) is 9.59 Å². The number of amides is 2. The van der Waals surface area contributed by atoms with Crippen molar-refractivity contribution < 1.29 is 24.2 Å². The summed E-state index contributed by atoms with van der Waals surface area (Å²) in [5.74, 6) is -0.739. The predicted molar refractivity (Wildman–Crippen MR) is 129 cm³/mol. The molecule has 176 valence electrons. The van der Waals surface area contributed by atoms with Crippen LogP contribution in [0.1, 0.15) is 36.8 Å². The summed E-state index contributed by atoms with van der Waals surface area (Å²) < 4.78 is 5.57. The van der Waals surface area contributed by atoms with Gasteiger partial charge in [0.1, 0.15) is 13.2 Å². The SMILES string of the molecule is CC[C@H](CC(=O)N(CCSC)CC(=O)O)NC(=O)OCC1c2ccccc2-c2ccccc21. The standard InChI is InChI=1S/C25H30N2O5S/c1-3-17(14-23(28)27(12-13-33-2)15-24(29)30)26-25(31)32-16-22-20-10-6-4-8-18(20)19-9-5-7-11-21(19)22/h4-11,17,22H,3,12-16H2,1-2H3,(H,26,31)(H,29,30)/t17-/m1/s1. The largest absolute Gasteiger partial charge is 0.480 e. The number of nitrogens with zero attached hydrogens (tertiary/aromatic N) is 1. The Kier molecular flexibility index (Phi) is 8.77. The number of hydrogen-bond acceptors (Lipinski definition) is 5. The highest BCUT2D eigenvalue weighted by Crippen LogP contribution is 2.44. The van der Waals surface area contributed by atoms with E-state index in [1.54, 1.807) is 11.8 Å². The van der Waals surface area contributed by atoms with E-state index in [9.17, 15) is 14.4 Å². The maximum atomic E-state index is 12.6. The minimum Gasteiger partial charge on any atom is -0.480 e. The zero-order chi connectivity index (χ0) is 23.8. The molecule has 3 rings (SSSR count). The quantitative estimate of drug-likeness (QED) is 0.516. The Balaban J connectivity index is 1.58. The summed E-state index contributed by atoms with van der Waals surface area (Å²) in [4.78, 5) is 37.6. The maximum absolute atomic E-state index is 12.6. The fourth-order valence-corrected chi connectivity index (χ4v) is 4.50. The molecule has 0 fully saturated rings. The Hall–Kier alpha value is -3.00. The van der Waals surface area contributed by atoms with Gasteiger partial charge in [0.2, 0.25) is 5.91 Å². The van der Waals surface area contributed by atoms with Gasteiger partial charge in [-0.1, -0.05) is 55.5 Å². The lowest BCUT2D eigenvalue weighted by Crippen LogP contribution is -2.43. The highest BCUT2D eigenvalue weighted by Gasteiger charge is 2.29. The number of fused-ring (bicyclic) bond motifs is 3. The fraction of sp³-hybridized carbons (Fsp3) is 0.400. The van der Waals surface area contributed by atoms with Crippen LogP contribution in [0.3, 0.4) is 0 Å². The smallest absolute Gasteiger partial charge is 0.407 e. The molecule has 2 aromatic carbocycles. The van der Waals surface area contributed by atoms with Crippen molar-refractivity contribution in [2.45, 2.75) is 31.7 Å². The van der Waals surface area contributed by atoms with E-state index in [1.165, 1.54) is 4.90 Å². The van der Waals surface area contributed by atoms with Gasteiger partial charge in [-0.15, -0.1) is 0 Å². The average molecular weight is 471 g/mol. The number of carboxylic acid groups (broad SMARTS) is 1. The molecule has 0 aliphatic heterocycles. The van der Waals surface area contributed by atoms with Gasteiger partial charge >= 0.3 is 12.1 Å². The highest BCUT2D eigenvalue weighted by molar-refractivity contribution is 7.98. The summed E-state index contributed by atoms with van der Waals surface area (Å²) in [6, 6.07) is 15.8. The molecule has 0 radical (unpaired) electrons. The van der Waals surface area contributed by atoms with E-state index in [1.807, 2.05) is 37.4 Å². The molecule has 1 aliphatic carbocycles. The van der Waals surface area contributed by atoms with E-state index in [2.05, 4.69) is 29.6 Å². The Morgan fingerprint density at radius 1 is 1.09 bits per heavy atom. The lowest BCUT2D eigenvalue weighted by molar-refractivity contribution is -0.144. The molecule has 7 nitrogen and oxygen atoms in total. The van der Waals surface area contributed by atoms with Gasteiger partial charge in [-0.05, 0) is 34.9 Å². The molecule has 33 heavy (non-hydrogen) atoms. The van der Waals surface area contributed by atoms with Crippen molar-refractivity contribution in [1.29, 1.82) is 0 Å². The first-order valence-electron chi connectivity index (χ1n) is 11.0. The third-order valence-corrected chi connectivity index (χ3v) is 6.41. The van der Waals surface area contributed by atoms with E-state index in [4.69, 9.17) is 9.84 Å². The van der Waals surface area contributed by atoms with E-state index >= 15 is 0 Å². The number of carboxylic acids is 1. The number of ether oxygens (including phenoxy) is 1. The third kappa shape index (κ3) is 6.28. The van der Waals surface area contributed by atoms with Gasteiger partial charge in [0.15, 0.2) is 0 Å². The molecule has 1 atom stereocenters. The predicted octanol–water partition coefficient (Wildman–Crippen LogP) is 3.97. The molecule has 0 bridgehead atoms. The van der Waals surface area contributed by atoms with Crippen molar-refractivity contribution in [2.75, 3.05) is 31.7 Å². The van der Waals surface area contributed by atoms with E-state index < -0.39 is 18.1 Å². The van der Waals surface area contributed by atoms with Gasteiger partial charge in [0, 0.05) is 30.7 Å². The van der Waals surface area contributed by atoms with Crippen LogP contribution in [0.5, 0.6) is 0 Å². The second kappa shape index (κ2) is 11.7. The molecule has 2 N–H and O–H groups in total. The molecular weight excluding hydrogens is 440 g/mol. The average Bonchev–Trinajstić information content (AvgIpc) is 3.13. The van der Waals surface area contributed by atoms with Crippen LogP contribution in [0.25, 0.3) is 11.1 Å². The number of thioether (sulfide) groups is 1. The molecule has 0 spiro atoms. The van der Waals surface area contributed by atoms with Gasteiger partial charge in [0.25, 0.3) is 0 Å². The second-order valence-electron chi connectivity index (χ2n) is 7.98. The first-order valence-corrected chi connectivity index (χ1v) is 12.4. The second-order valence-corrected chi connectivity index (χ2v) is 8.97. The topological polar surface area (TPSA) is 95.9 Å². The van der Waals surface area contributed by atoms with Crippen LogP contribution in [0.15, 0.2) is 48.5 Å². The molecule has 0 unspecified atom stereocenters. The van der Waals surface area contributed by atoms with Crippen molar-refractivity contribution in [3.8, 4) is 11.1 Å². The Labute approximate surface area is 198 Å². The van der Waals surface area contributed by atoms with Crippen molar-refractivity contribution in [3.63, 3.8) is 0 Å². The summed E-state index contributed by atoms with van der Waals surface area (Å²) in [5.41, 5.74) is 4.57. The summed E-state index contributed by atoms with van der Waals surface area (Å²) in [5, 5.41) is 11.9. The summed E-state index contributed by atoms with van der Waals surface area (Å²) in [6.07, 6.45) is 1.88. The Morgan fingerprint density at radius 3 is 2.24 bits per heavy atom. The number of hydrogen-bond donors (Lipinski definition) is 2. The van der Waals surface area contributed by atoms with Gasteiger partial charge in [-0.25, -0.2) is 4.79 Å². The first-order chi connectivity index (χ1) is 15.9. The van der Waals surface area contributed by atoms with E-state index in [0.717, 1.165) is 22.3 Å². The number of carbonyl (C=O) groups is 3. The number of alkyl carbamates (subject to hydrolysis) is 1. The van der Waals surface area contributed by atoms with Gasteiger partial charge in [-0.2, -0.15) is 11.8 Å². The normalized spacial score (nSPS) is 13.0. The zero-order valence-corrected chi connectivity index (χ0v) is 19.8. The monoisotopic (exact) mass is 470 g/mol. The fourth-order valence-electron chi connectivity index (χ4n) is 4.10. The minimum atomic E-state index is -1.05. The summed E-state index contributed by atoms with van der Waals surface area (Å²) in [6.45, 7) is 2.07. The number of nitrogens with one attached hydrogen (secondary N) is 1. The lowest BCUT2D eigenvalue weighted by Gasteiger charge is -2.24. The molecule has 0 saturated heterocycles. The molecule has 1 aliphatic rings. The van der Waals surface area contributed by atoms with Crippen LogP contribution in [0.2, 0.25) is 0 Å². The molecule has 2 aromatic rings. The molecule has 0 heterocycles. The number of aliphatic carboxylic acids is 1. The van der Waals surface area contributed by atoms with Crippen LogP contribution in [-0.2, 0) is 14.3 Å². The summed E-state index contributed by atoms with van der Waals surface area (Å²) in [7, 11) is 0. The van der Waals surface area contributed by atoms with Gasteiger partial charge < -0.3 is 20.1 Å². The van der Waals surface area contributed by atoms with E-state index in [0.29, 0.717) is 18.7 Å². The first kappa shape index (κ1) is 24.6. The van der Waals surface area contributed by atoms with Crippen LogP contribution in [0, 0.1) is 0 Å². The highest BCUT2D eigenvalue weighted by atomic mass is 32.2. The molecule has 0 aromatic heterocycles. The van der Waals surface area contributed by atoms with Crippen LogP contribution in [-0.4, -0.2) is 65.7 Å². The zero-order valence-electron chi connectivity index (χ0n) is 19.0. The van der Waals surface area contributed by atoms with Crippen molar-refractivity contribution in [3.05, 3.63) is 59.7 Å². The Bertz CT molecular complexity index is 951. The van der Waals surface area contributed by atoms with Gasteiger partial charge in [0.05, 0.1) is 0 Å². The third-order valence-electron chi connectivity index (χ3n) is 5.82. The van der Waals surface area contributed by atoms with Crippen molar-refractivity contribution in [2.24, 2.45) is 0 Å². The van der Waals surface area contributed by atoms with Crippen LogP contribution in [0.4, 0.5) is 4.79 Å². The number of rotatable bonds is 11. The maximum Gasteiger partial charge on any atom is 0.407 e. The van der Waals surface area contributed by atoms with Crippen LogP contribution >= 0.6 is 11.8 Å². The number of benzene rings is 2. The molecule has 0 saturated carbocycles. The van der Waals surface area contributed by atoms with E-state index in [-0.39, 0.29) is 31.4 Å². The molecule has 2 amide bonds. The Morgan fingerprint density at radius 2 is 1.70 bits per heavy atom. The summed E-state index contributed by atoms with van der Waals surface area (Å²) >= 11 is 1.54. The van der Waals surface area contributed by atoms with Crippen molar-refractivity contribution >= 4 is 29.7 Å². The van der Waals surface area contributed by atoms with Crippen molar-refractivity contribution in [1.82, 2.24) is 10.2 Å². The lowest BCUT2D eigenvalue weighted by atomic mass is 9.98.